The molecule has 0 fully saturated rings. The van der Waals surface area contributed by atoms with Gasteiger partial charge in [0.15, 0.2) is 0 Å². The first-order valence-electron chi connectivity index (χ1n) is 6.40. The minimum atomic E-state index is 0.119. The van der Waals surface area contributed by atoms with Crippen molar-refractivity contribution in [1.29, 1.82) is 0 Å². The second-order valence-electron chi connectivity index (χ2n) is 4.77. The van der Waals surface area contributed by atoms with Gasteiger partial charge in [-0.15, -0.1) is 0 Å². The second-order valence-corrected chi connectivity index (χ2v) is 4.77. The molecule has 1 aromatic rings. The highest BCUT2D eigenvalue weighted by atomic mass is 16.2. The molecule has 1 unspecified atom stereocenters. The fourth-order valence-corrected chi connectivity index (χ4v) is 1.79. The van der Waals surface area contributed by atoms with Crippen LogP contribution in [0.5, 0.6) is 0 Å². The smallest absolute Gasteiger partial charge is 0.253 e. The zero-order valence-corrected chi connectivity index (χ0v) is 11.4. The molecule has 94 valence electrons. The van der Waals surface area contributed by atoms with Crippen LogP contribution in [-0.4, -0.2) is 23.9 Å². The molecule has 1 amide bonds. The van der Waals surface area contributed by atoms with Crippen molar-refractivity contribution < 1.29 is 4.79 Å². The van der Waals surface area contributed by atoms with E-state index < -0.39 is 0 Å². The maximum Gasteiger partial charge on any atom is 0.253 e. The van der Waals surface area contributed by atoms with Crippen molar-refractivity contribution in [2.24, 2.45) is 0 Å². The van der Waals surface area contributed by atoms with Crippen molar-refractivity contribution in [3.8, 4) is 0 Å². The van der Waals surface area contributed by atoms with E-state index in [9.17, 15) is 4.79 Å². The maximum absolute atomic E-state index is 12.2. The highest BCUT2D eigenvalue weighted by Gasteiger charge is 2.16. The van der Waals surface area contributed by atoms with Crippen LogP contribution in [0.25, 0.3) is 0 Å². The Labute approximate surface area is 105 Å². The quantitative estimate of drug-likeness (QED) is 0.760. The monoisotopic (exact) mass is 233 g/mol. The average molecular weight is 233 g/mol. The van der Waals surface area contributed by atoms with Gasteiger partial charge in [-0.05, 0) is 32.4 Å². The zero-order valence-electron chi connectivity index (χ0n) is 11.4. The molecule has 0 aliphatic heterocycles. The van der Waals surface area contributed by atoms with Crippen LogP contribution in [0.15, 0.2) is 24.3 Å². The molecule has 0 saturated carbocycles. The summed E-state index contributed by atoms with van der Waals surface area (Å²) in [7, 11) is 1.89. The molecule has 0 spiro atoms. The molecule has 1 aromatic carbocycles. The number of benzene rings is 1. The van der Waals surface area contributed by atoms with Gasteiger partial charge in [0.25, 0.3) is 5.91 Å². The van der Waals surface area contributed by atoms with Crippen molar-refractivity contribution in [2.75, 3.05) is 7.05 Å². The van der Waals surface area contributed by atoms with E-state index in [1.54, 1.807) is 0 Å². The summed E-state index contributed by atoms with van der Waals surface area (Å²) in [4.78, 5) is 14.0. The molecule has 2 heteroatoms. The Morgan fingerprint density at radius 1 is 1.29 bits per heavy atom. The Morgan fingerprint density at radius 2 is 1.88 bits per heavy atom. The SMILES string of the molecule is CCCCC(C)N(C)C(=O)c1ccc(C)cc1. The number of carbonyl (C=O) groups is 1. The van der Waals surface area contributed by atoms with E-state index in [1.165, 1.54) is 18.4 Å². The van der Waals surface area contributed by atoms with Gasteiger partial charge in [0.2, 0.25) is 0 Å². The summed E-state index contributed by atoms with van der Waals surface area (Å²) in [5.74, 6) is 0.119. The van der Waals surface area contributed by atoms with Crippen LogP contribution in [0, 0.1) is 6.92 Å². The lowest BCUT2D eigenvalue weighted by molar-refractivity contribution is 0.0735. The molecule has 0 N–H and O–H groups in total. The van der Waals surface area contributed by atoms with Gasteiger partial charge in [0.1, 0.15) is 0 Å². The first-order valence-corrected chi connectivity index (χ1v) is 6.40. The molecule has 2 nitrogen and oxygen atoms in total. The predicted octanol–water partition coefficient (Wildman–Crippen LogP) is 3.65. The zero-order chi connectivity index (χ0) is 12.8. The van der Waals surface area contributed by atoms with E-state index in [2.05, 4.69) is 13.8 Å². The molecule has 0 aromatic heterocycles. The Hall–Kier alpha value is -1.31. The lowest BCUT2D eigenvalue weighted by Gasteiger charge is -2.25. The molecule has 0 saturated heterocycles. The summed E-state index contributed by atoms with van der Waals surface area (Å²) in [6.07, 6.45) is 3.42. The molecule has 0 aliphatic carbocycles. The molecule has 1 atom stereocenters. The number of rotatable bonds is 5. The number of unbranched alkanes of at least 4 members (excludes halogenated alkanes) is 1. The van der Waals surface area contributed by atoms with Gasteiger partial charge in [0.05, 0.1) is 0 Å². The van der Waals surface area contributed by atoms with E-state index in [4.69, 9.17) is 0 Å². The van der Waals surface area contributed by atoms with Crippen LogP contribution in [0.1, 0.15) is 49.0 Å². The fourth-order valence-electron chi connectivity index (χ4n) is 1.79. The summed E-state index contributed by atoms with van der Waals surface area (Å²) in [6.45, 7) is 6.32. The van der Waals surface area contributed by atoms with Gasteiger partial charge >= 0.3 is 0 Å². The number of aryl methyl sites for hydroxylation is 1. The number of hydrogen-bond donors (Lipinski definition) is 0. The molecule has 0 bridgehead atoms. The first kappa shape index (κ1) is 13.8. The first-order chi connectivity index (χ1) is 8.06. The molecule has 0 radical (unpaired) electrons. The van der Waals surface area contributed by atoms with Gasteiger partial charge < -0.3 is 4.90 Å². The standard InChI is InChI=1S/C15H23NO/c1-5-6-7-13(3)16(4)15(17)14-10-8-12(2)9-11-14/h8-11,13H,5-7H2,1-4H3. The normalized spacial score (nSPS) is 12.2. The van der Waals surface area contributed by atoms with Crippen LogP contribution in [-0.2, 0) is 0 Å². The molecule has 1 rings (SSSR count). The number of nitrogens with zero attached hydrogens (tertiary/aromatic N) is 1. The summed E-state index contributed by atoms with van der Waals surface area (Å²) in [5, 5.41) is 0. The average Bonchev–Trinajstić information content (AvgIpc) is 2.35. The fraction of sp³-hybridized carbons (Fsp3) is 0.533. The highest BCUT2D eigenvalue weighted by Crippen LogP contribution is 2.12. The number of carbonyl (C=O) groups excluding carboxylic acids is 1. The summed E-state index contributed by atoms with van der Waals surface area (Å²) < 4.78 is 0. The summed E-state index contributed by atoms with van der Waals surface area (Å²) >= 11 is 0. The summed E-state index contributed by atoms with van der Waals surface area (Å²) in [6, 6.07) is 8.08. The molecule has 0 aliphatic rings. The number of hydrogen-bond acceptors (Lipinski definition) is 1. The van der Waals surface area contributed by atoms with Gasteiger partial charge in [-0.2, -0.15) is 0 Å². The topological polar surface area (TPSA) is 20.3 Å². The van der Waals surface area contributed by atoms with Gasteiger partial charge in [-0.1, -0.05) is 37.5 Å². The third-order valence-electron chi connectivity index (χ3n) is 3.26. The highest BCUT2D eigenvalue weighted by molar-refractivity contribution is 5.94. The van der Waals surface area contributed by atoms with Crippen molar-refractivity contribution in [2.45, 2.75) is 46.1 Å². The van der Waals surface area contributed by atoms with Gasteiger partial charge in [-0.25, -0.2) is 0 Å². The molecular formula is C15H23NO. The minimum Gasteiger partial charge on any atom is -0.339 e. The van der Waals surface area contributed by atoms with E-state index in [0.717, 1.165) is 12.0 Å². The van der Waals surface area contributed by atoms with Crippen molar-refractivity contribution in [3.05, 3.63) is 35.4 Å². The molecule has 17 heavy (non-hydrogen) atoms. The lowest BCUT2D eigenvalue weighted by atomic mass is 10.1. The third-order valence-corrected chi connectivity index (χ3v) is 3.26. The Balaban J connectivity index is 2.65. The van der Waals surface area contributed by atoms with Crippen LogP contribution in [0.4, 0.5) is 0 Å². The van der Waals surface area contributed by atoms with Crippen molar-refractivity contribution in [3.63, 3.8) is 0 Å². The van der Waals surface area contributed by atoms with Crippen LogP contribution < -0.4 is 0 Å². The Kier molecular flexibility index (Phi) is 5.20. The Bertz CT molecular complexity index is 356. The van der Waals surface area contributed by atoms with Crippen LogP contribution >= 0.6 is 0 Å². The van der Waals surface area contributed by atoms with Gasteiger partial charge in [0, 0.05) is 18.7 Å². The summed E-state index contributed by atoms with van der Waals surface area (Å²) in [5.41, 5.74) is 1.96. The molecule has 0 heterocycles. The van der Waals surface area contributed by atoms with Crippen molar-refractivity contribution >= 4 is 5.91 Å². The van der Waals surface area contributed by atoms with E-state index in [1.807, 2.05) is 43.1 Å². The molecular weight excluding hydrogens is 210 g/mol. The Morgan fingerprint density at radius 3 is 2.41 bits per heavy atom. The van der Waals surface area contributed by atoms with Crippen LogP contribution in [0.2, 0.25) is 0 Å². The maximum atomic E-state index is 12.2. The van der Waals surface area contributed by atoms with E-state index >= 15 is 0 Å². The predicted molar refractivity (Wildman–Crippen MR) is 72.3 cm³/mol. The van der Waals surface area contributed by atoms with E-state index in [-0.39, 0.29) is 5.91 Å². The van der Waals surface area contributed by atoms with E-state index in [0.29, 0.717) is 6.04 Å². The lowest BCUT2D eigenvalue weighted by Crippen LogP contribution is -2.35. The van der Waals surface area contributed by atoms with Crippen LogP contribution in [0.3, 0.4) is 0 Å². The number of amides is 1. The second kappa shape index (κ2) is 6.43. The minimum absolute atomic E-state index is 0.119. The third kappa shape index (κ3) is 3.88. The van der Waals surface area contributed by atoms with Gasteiger partial charge in [-0.3, -0.25) is 4.79 Å². The van der Waals surface area contributed by atoms with Crippen molar-refractivity contribution in [1.82, 2.24) is 4.90 Å². The largest absolute Gasteiger partial charge is 0.339 e.